The summed E-state index contributed by atoms with van der Waals surface area (Å²) in [6, 6.07) is 9.60. The van der Waals surface area contributed by atoms with E-state index in [9.17, 15) is 9.59 Å². The van der Waals surface area contributed by atoms with Crippen molar-refractivity contribution in [1.29, 1.82) is 0 Å². The summed E-state index contributed by atoms with van der Waals surface area (Å²) < 4.78 is 16.1. The van der Waals surface area contributed by atoms with Gasteiger partial charge >= 0.3 is 6.03 Å². The number of ether oxygens (including phenoxy) is 3. The van der Waals surface area contributed by atoms with Crippen LogP contribution in [-0.4, -0.2) is 87.8 Å². The van der Waals surface area contributed by atoms with E-state index in [0.29, 0.717) is 57.2 Å². The molecule has 34 heavy (non-hydrogen) atoms. The van der Waals surface area contributed by atoms with Gasteiger partial charge in [-0.25, -0.2) is 4.79 Å². The summed E-state index contributed by atoms with van der Waals surface area (Å²) in [7, 11) is 6.61. The highest BCUT2D eigenvalue weighted by molar-refractivity contribution is 7.09. The van der Waals surface area contributed by atoms with E-state index in [2.05, 4.69) is 0 Å². The second kappa shape index (κ2) is 14.5. The van der Waals surface area contributed by atoms with Crippen molar-refractivity contribution in [2.45, 2.75) is 26.3 Å². The number of hydrogen-bond donors (Lipinski definition) is 0. The van der Waals surface area contributed by atoms with E-state index >= 15 is 0 Å². The van der Waals surface area contributed by atoms with Crippen molar-refractivity contribution in [3.8, 4) is 11.5 Å². The van der Waals surface area contributed by atoms with Crippen LogP contribution >= 0.6 is 11.3 Å². The minimum absolute atomic E-state index is 0.0282. The third-order valence-electron chi connectivity index (χ3n) is 5.30. The van der Waals surface area contributed by atoms with Crippen LogP contribution in [0, 0.1) is 0 Å². The van der Waals surface area contributed by atoms with Crippen molar-refractivity contribution >= 4 is 23.3 Å². The van der Waals surface area contributed by atoms with E-state index in [1.54, 1.807) is 44.6 Å². The summed E-state index contributed by atoms with van der Waals surface area (Å²) >= 11 is 1.62. The number of benzene rings is 1. The summed E-state index contributed by atoms with van der Waals surface area (Å²) in [4.78, 5) is 32.1. The van der Waals surface area contributed by atoms with E-state index in [1.165, 1.54) is 4.90 Å². The van der Waals surface area contributed by atoms with E-state index < -0.39 is 0 Å². The molecule has 1 aromatic carbocycles. The normalized spacial score (nSPS) is 10.6. The van der Waals surface area contributed by atoms with Gasteiger partial charge in [-0.2, -0.15) is 0 Å². The van der Waals surface area contributed by atoms with Crippen LogP contribution in [0.1, 0.15) is 23.8 Å². The number of rotatable bonds is 14. The van der Waals surface area contributed by atoms with Crippen molar-refractivity contribution < 1.29 is 23.8 Å². The van der Waals surface area contributed by atoms with Crippen LogP contribution in [0.2, 0.25) is 0 Å². The minimum Gasteiger partial charge on any atom is -0.493 e. The Balaban J connectivity index is 2.12. The number of hydrogen-bond acceptors (Lipinski definition) is 6. The van der Waals surface area contributed by atoms with Crippen LogP contribution in [0.15, 0.2) is 35.7 Å². The van der Waals surface area contributed by atoms with Crippen LogP contribution in [0.4, 0.5) is 4.79 Å². The maximum absolute atomic E-state index is 13.4. The average Bonchev–Trinajstić information content (AvgIpc) is 3.35. The molecule has 0 fully saturated rings. The fourth-order valence-corrected chi connectivity index (χ4v) is 4.19. The van der Waals surface area contributed by atoms with Crippen molar-refractivity contribution in [2.75, 3.05) is 61.2 Å². The lowest BCUT2D eigenvalue weighted by molar-refractivity contribution is -0.132. The molecule has 0 aliphatic carbocycles. The summed E-state index contributed by atoms with van der Waals surface area (Å²) in [5.41, 5.74) is 1.04. The number of nitrogens with zero attached hydrogens (tertiary/aromatic N) is 3. The number of thiophene rings is 1. The molecular weight excluding hydrogens is 454 g/mol. The number of methoxy groups -OCH3 is 2. The SMILES string of the molecule is CCOCCCN(CC(=O)N(CCc1ccc(OC)c(OC)c1)Cc1cccs1)C(=O)N(C)C. The smallest absolute Gasteiger partial charge is 0.319 e. The molecule has 1 heterocycles. The zero-order valence-electron chi connectivity index (χ0n) is 20.9. The summed E-state index contributed by atoms with van der Waals surface area (Å²) in [6.07, 6.45) is 1.33. The summed E-state index contributed by atoms with van der Waals surface area (Å²) in [5, 5.41) is 2.00. The Morgan fingerprint density at radius 2 is 1.76 bits per heavy atom. The maximum Gasteiger partial charge on any atom is 0.319 e. The molecule has 3 amide bonds. The Morgan fingerprint density at radius 1 is 1.00 bits per heavy atom. The zero-order valence-corrected chi connectivity index (χ0v) is 21.7. The molecule has 2 rings (SSSR count). The largest absolute Gasteiger partial charge is 0.493 e. The molecule has 0 unspecified atom stereocenters. The van der Waals surface area contributed by atoms with Gasteiger partial charge in [0, 0.05) is 45.3 Å². The lowest BCUT2D eigenvalue weighted by Gasteiger charge is -2.29. The molecule has 0 spiro atoms. The lowest BCUT2D eigenvalue weighted by Crippen LogP contribution is -2.47. The monoisotopic (exact) mass is 491 g/mol. The summed E-state index contributed by atoms with van der Waals surface area (Å²) in [5.74, 6) is 1.25. The molecule has 8 nitrogen and oxygen atoms in total. The van der Waals surface area contributed by atoms with Gasteiger partial charge in [0.1, 0.15) is 6.54 Å². The van der Waals surface area contributed by atoms with Gasteiger partial charge in [0.2, 0.25) is 5.91 Å². The van der Waals surface area contributed by atoms with Gasteiger partial charge in [-0.1, -0.05) is 12.1 Å². The summed E-state index contributed by atoms with van der Waals surface area (Å²) in [6.45, 7) is 4.64. The fourth-order valence-electron chi connectivity index (χ4n) is 3.47. The van der Waals surface area contributed by atoms with Crippen LogP contribution in [0.5, 0.6) is 11.5 Å². The molecule has 0 atom stereocenters. The molecule has 0 radical (unpaired) electrons. The third kappa shape index (κ3) is 8.53. The maximum atomic E-state index is 13.4. The Labute approximate surface area is 207 Å². The predicted molar refractivity (Wildman–Crippen MR) is 135 cm³/mol. The van der Waals surface area contributed by atoms with Crippen molar-refractivity contribution in [3.63, 3.8) is 0 Å². The first kappa shape index (κ1) is 27.5. The second-order valence-electron chi connectivity index (χ2n) is 7.98. The molecule has 0 bridgehead atoms. The first-order valence-electron chi connectivity index (χ1n) is 11.4. The third-order valence-corrected chi connectivity index (χ3v) is 6.16. The first-order valence-corrected chi connectivity index (χ1v) is 12.3. The molecule has 2 aromatic rings. The topological polar surface area (TPSA) is 71.5 Å². The van der Waals surface area contributed by atoms with Crippen molar-refractivity contribution in [3.05, 3.63) is 46.2 Å². The van der Waals surface area contributed by atoms with E-state index in [0.717, 1.165) is 10.4 Å². The van der Waals surface area contributed by atoms with Crippen LogP contribution in [0.3, 0.4) is 0 Å². The van der Waals surface area contributed by atoms with Crippen LogP contribution in [0.25, 0.3) is 0 Å². The number of carbonyl (C=O) groups excluding carboxylic acids is 2. The fraction of sp³-hybridized carbons (Fsp3) is 0.520. The van der Waals surface area contributed by atoms with Crippen molar-refractivity contribution in [1.82, 2.24) is 14.7 Å². The van der Waals surface area contributed by atoms with Gasteiger partial charge in [0.05, 0.1) is 20.8 Å². The van der Waals surface area contributed by atoms with Crippen LogP contribution < -0.4 is 9.47 Å². The first-order chi connectivity index (χ1) is 16.4. The quantitative estimate of drug-likeness (QED) is 0.377. The van der Waals surface area contributed by atoms with Crippen molar-refractivity contribution in [2.24, 2.45) is 0 Å². The molecule has 0 saturated carbocycles. The minimum atomic E-state index is -0.180. The van der Waals surface area contributed by atoms with E-state index in [4.69, 9.17) is 14.2 Å². The molecule has 0 aliphatic heterocycles. The Morgan fingerprint density at radius 3 is 2.38 bits per heavy atom. The predicted octanol–water partition coefficient (Wildman–Crippen LogP) is 3.75. The molecule has 9 heteroatoms. The molecule has 1 aromatic heterocycles. The molecule has 188 valence electrons. The number of carbonyl (C=O) groups is 2. The average molecular weight is 492 g/mol. The highest BCUT2D eigenvalue weighted by atomic mass is 32.1. The van der Waals surface area contributed by atoms with Gasteiger partial charge in [-0.15, -0.1) is 11.3 Å². The zero-order chi connectivity index (χ0) is 24.9. The standard InChI is InChI=1S/C25H37N3O5S/c1-6-33-15-8-13-28(25(30)26(2)3)19-24(29)27(18-21-9-7-16-34-21)14-12-20-10-11-22(31-4)23(17-20)32-5/h7,9-11,16-17H,6,8,12-15,18-19H2,1-5H3. The van der Waals surface area contributed by atoms with Gasteiger partial charge in [0.15, 0.2) is 11.5 Å². The van der Waals surface area contributed by atoms with E-state index in [-0.39, 0.29) is 18.5 Å². The molecule has 0 aliphatic rings. The number of urea groups is 1. The van der Waals surface area contributed by atoms with Crippen LogP contribution in [-0.2, 0) is 22.5 Å². The van der Waals surface area contributed by atoms with E-state index in [1.807, 2.05) is 47.5 Å². The molecular formula is C25H37N3O5S. The highest BCUT2D eigenvalue weighted by Crippen LogP contribution is 2.28. The Hall–Kier alpha value is -2.78. The molecule has 0 saturated heterocycles. The second-order valence-corrected chi connectivity index (χ2v) is 9.02. The molecule has 0 N–H and O–H groups in total. The Bertz CT molecular complexity index is 889. The highest BCUT2D eigenvalue weighted by Gasteiger charge is 2.23. The Kier molecular flexibility index (Phi) is 11.7. The van der Waals surface area contributed by atoms with Gasteiger partial charge in [-0.3, -0.25) is 4.79 Å². The van der Waals surface area contributed by atoms with Gasteiger partial charge < -0.3 is 28.9 Å². The lowest BCUT2D eigenvalue weighted by atomic mass is 10.1. The van der Waals surface area contributed by atoms with Gasteiger partial charge in [-0.05, 0) is 48.9 Å². The number of amides is 3. The van der Waals surface area contributed by atoms with Gasteiger partial charge in [0.25, 0.3) is 0 Å².